The van der Waals surface area contributed by atoms with E-state index < -0.39 is 15.6 Å². The molecule has 0 heterocycles. The molecule has 0 amide bonds. The fourth-order valence-electron chi connectivity index (χ4n) is 2.34. The summed E-state index contributed by atoms with van der Waals surface area (Å²) in [7, 11) is -3.84. The summed E-state index contributed by atoms with van der Waals surface area (Å²) in [6.45, 7) is -0.0389. The zero-order chi connectivity index (χ0) is 14.8. The van der Waals surface area contributed by atoms with Gasteiger partial charge in [-0.25, -0.2) is 13.1 Å². The number of nitrogens with zero attached hydrogens (tertiary/aromatic N) is 1. The van der Waals surface area contributed by atoms with Crippen molar-refractivity contribution in [3.8, 4) is 6.07 Å². The molecule has 1 aromatic rings. The van der Waals surface area contributed by atoms with Crippen molar-refractivity contribution in [3.05, 3.63) is 28.8 Å². The van der Waals surface area contributed by atoms with Gasteiger partial charge in [0.25, 0.3) is 0 Å². The standard InChI is InChI=1S/C13H15ClN2O3S/c14-11-3-4-12(10(7-11)8-15)20(18,19)16-9-13(17)5-1-2-6-13/h3-4,7,16-17H,1-2,5-6,9H2. The lowest BCUT2D eigenvalue weighted by molar-refractivity contribution is 0.0532. The van der Waals surface area contributed by atoms with Crippen molar-refractivity contribution in [1.29, 1.82) is 5.26 Å². The second-order valence-electron chi connectivity index (χ2n) is 5.01. The second kappa shape index (κ2) is 5.70. The Kier molecular flexibility index (Phi) is 4.35. The van der Waals surface area contributed by atoms with Gasteiger partial charge in [-0.1, -0.05) is 24.4 Å². The minimum Gasteiger partial charge on any atom is -0.389 e. The minimum absolute atomic E-state index is 0.0107. The van der Waals surface area contributed by atoms with Crippen molar-refractivity contribution < 1.29 is 13.5 Å². The molecule has 1 aromatic carbocycles. The molecule has 20 heavy (non-hydrogen) atoms. The highest BCUT2D eigenvalue weighted by molar-refractivity contribution is 7.89. The first-order valence-electron chi connectivity index (χ1n) is 6.28. The normalized spacial score (nSPS) is 17.9. The lowest BCUT2D eigenvalue weighted by atomic mass is 10.0. The summed E-state index contributed by atoms with van der Waals surface area (Å²) in [6.07, 6.45) is 2.95. The van der Waals surface area contributed by atoms with E-state index in [1.807, 2.05) is 6.07 Å². The van der Waals surface area contributed by atoms with E-state index in [2.05, 4.69) is 4.72 Å². The van der Waals surface area contributed by atoms with Crippen molar-refractivity contribution in [2.45, 2.75) is 36.2 Å². The Morgan fingerprint density at radius 3 is 2.65 bits per heavy atom. The summed E-state index contributed by atoms with van der Waals surface area (Å²) in [5, 5.41) is 19.4. The molecule has 1 aliphatic rings. The number of sulfonamides is 1. The van der Waals surface area contributed by atoms with E-state index in [0.717, 1.165) is 12.8 Å². The van der Waals surface area contributed by atoms with Crippen LogP contribution in [0.15, 0.2) is 23.1 Å². The van der Waals surface area contributed by atoms with Crippen molar-refractivity contribution in [2.24, 2.45) is 0 Å². The molecule has 5 nitrogen and oxygen atoms in total. The number of hydrogen-bond acceptors (Lipinski definition) is 4. The molecule has 0 unspecified atom stereocenters. The van der Waals surface area contributed by atoms with Crippen LogP contribution in [-0.2, 0) is 10.0 Å². The van der Waals surface area contributed by atoms with Gasteiger partial charge in [0, 0.05) is 11.6 Å². The number of halogens is 1. The van der Waals surface area contributed by atoms with Gasteiger partial charge < -0.3 is 5.11 Å². The van der Waals surface area contributed by atoms with Crippen LogP contribution in [0.2, 0.25) is 5.02 Å². The van der Waals surface area contributed by atoms with Crippen molar-refractivity contribution in [3.63, 3.8) is 0 Å². The van der Waals surface area contributed by atoms with Gasteiger partial charge in [0.1, 0.15) is 6.07 Å². The number of aliphatic hydroxyl groups is 1. The van der Waals surface area contributed by atoms with Crippen molar-refractivity contribution >= 4 is 21.6 Å². The summed E-state index contributed by atoms with van der Waals surface area (Å²) in [4.78, 5) is -0.119. The highest BCUT2D eigenvalue weighted by atomic mass is 35.5. The first kappa shape index (κ1) is 15.3. The number of rotatable bonds is 4. The molecule has 0 saturated heterocycles. The monoisotopic (exact) mass is 314 g/mol. The molecule has 1 fully saturated rings. The average molecular weight is 315 g/mol. The summed E-state index contributed by atoms with van der Waals surface area (Å²) in [5.41, 5.74) is -0.991. The average Bonchev–Trinajstić information content (AvgIpc) is 2.84. The molecule has 0 spiro atoms. The molecule has 1 saturated carbocycles. The van der Waals surface area contributed by atoms with Crippen molar-refractivity contribution in [2.75, 3.05) is 6.54 Å². The highest BCUT2D eigenvalue weighted by Crippen LogP contribution is 2.29. The van der Waals surface area contributed by atoms with Crippen LogP contribution in [0.1, 0.15) is 31.2 Å². The van der Waals surface area contributed by atoms with Gasteiger partial charge in [-0.15, -0.1) is 0 Å². The molecule has 1 aliphatic carbocycles. The maximum atomic E-state index is 12.2. The molecule has 0 atom stereocenters. The third-order valence-corrected chi connectivity index (χ3v) is 5.17. The van der Waals surface area contributed by atoms with E-state index in [1.54, 1.807) is 0 Å². The predicted molar refractivity (Wildman–Crippen MR) is 74.8 cm³/mol. The highest BCUT2D eigenvalue weighted by Gasteiger charge is 2.33. The number of hydrogen-bond donors (Lipinski definition) is 2. The number of nitrogens with one attached hydrogen (secondary N) is 1. The summed E-state index contributed by atoms with van der Waals surface area (Å²) < 4.78 is 26.8. The molecule has 2 rings (SSSR count). The zero-order valence-electron chi connectivity index (χ0n) is 10.8. The third-order valence-electron chi connectivity index (χ3n) is 3.48. The Morgan fingerprint density at radius 2 is 2.05 bits per heavy atom. The van der Waals surface area contributed by atoms with E-state index >= 15 is 0 Å². The Balaban J connectivity index is 2.21. The van der Waals surface area contributed by atoms with E-state index in [0.29, 0.717) is 17.9 Å². The second-order valence-corrected chi connectivity index (χ2v) is 7.18. The SMILES string of the molecule is N#Cc1cc(Cl)ccc1S(=O)(=O)NCC1(O)CCCC1. The maximum Gasteiger partial charge on any atom is 0.241 e. The summed E-state index contributed by atoms with van der Waals surface area (Å²) in [6, 6.07) is 5.83. The molecular weight excluding hydrogens is 300 g/mol. The van der Waals surface area contributed by atoms with Gasteiger partial charge >= 0.3 is 0 Å². The van der Waals surface area contributed by atoms with Gasteiger partial charge in [-0.3, -0.25) is 0 Å². The van der Waals surface area contributed by atoms with Gasteiger partial charge in [0.05, 0.1) is 16.1 Å². The maximum absolute atomic E-state index is 12.2. The van der Waals surface area contributed by atoms with E-state index in [4.69, 9.17) is 16.9 Å². The molecule has 7 heteroatoms. The summed E-state index contributed by atoms with van der Waals surface area (Å²) in [5.74, 6) is 0. The first-order valence-corrected chi connectivity index (χ1v) is 8.14. The molecule has 108 valence electrons. The molecule has 0 radical (unpaired) electrons. The minimum atomic E-state index is -3.84. The van der Waals surface area contributed by atoms with E-state index in [1.165, 1.54) is 18.2 Å². The fraction of sp³-hybridized carbons (Fsp3) is 0.462. The Bertz CT molecular complexity index is 646. The van der Waals surface area contributed by atoms with Crippen LogP contribution in [0.25, 0.3) is 0 Å². The Labute approximate surface area is 123 Å². The fourth-order valence-corrected chi connectivity index (χ4v) is 3.77. The van der Waals surface area contributed by atoms with Crippen LogP contribution in [0, 0.1) is 11.3 Å². The number of benzene rings is 1. The van der Waals surface area contributed by atoms with Gasteiger partial charge in [-0.05, 0) is 31.0 Å². The van der Waals surface area contributed by atoms with E-state index in [9.17, 15) is 13.5 Å². The number of nitriles is 1. The van der Waals surface area contributed by atoms with Gasteiger partial charge in [-0.2, -0.15) is 5.26 Å². The molecular formula is C13H15ClN2O3S. The molecule has 0 aromatic heterocycles. The summed E-state index contributed by atoms with van der Waals surface area (Å²) >= 11 is 5.74. The third kappa shape index (κ3) is 3.30. The molecule has 0 aliphatic heterocycles. The Morgan fingerprint density at radius 1 is 1.40 bits per heavy atom. The topological polar surface area (TPSA) is 90.2 Å². The predicted octanol–water partition coefficient (Wildman–Crippen LogP) is 1.80. The van der Waals surface area contributed by atoms with Gasteiger partial charge in [0.15, 0.2) is 0 Å². The van der Waals surface area contributed by atoms with E-state index in [-0.39, 0.29) is 17.0 Å². The van der Waals surface area contributed by atoms with Crippen LogP contribution in [-0.4, -0.2) is 25.7 Å². The van der Waals surface area contributed by atoms with Crippen LogP contribution in [0.5, 0.6) is 0 Å². The smallest absolute Gasteiger partial charge is 0.241 e. The molecule has 2 N–H and O–H groups in total. The van der Waals surface area contributed by atoms with Gasteiger partial charge in [0.2, 0.25) is 10.0 Å². The molecule has 0 bridgehead atoms. The van der Waals surface area contributed by atoms with Crippen molar-refractivity contribution in [1.82, 2.24) is 4.72 Å². The van der Waals surface area contributed by atoms with Crippen LogP contribution in [0.3, 0.4) is 0 Å². The van der Waals surface area contributed by atoms with Crippen LogP contribution >= 0.6 is 11.6 Å². The largest absolute Gasteiger partial charge is 0.389 e. The Hall–Kier alpha value is -1.13. The first-order chi connectivity index (χ1) is 9.36. The lowest BCUT2D eigenvalue weighted by Crippen LogP contribution is -2.40. The lowest BCUT2D eigenvalue weighted by Gasteiger charge is -2.22. The zero-order valence-corrected chi connectivity index (χ0v) is 12.3. The van der Waals surface area contributed by atoms with Crippen LogP contribution < -0.4 is 4.72 Å². The van der Waals surface area contributed by atoms with Crippen LogP contribution in [0.4, 0.5) is 0 Å². The quantitative estimate of drug-likeness (QED) is 0.886.